The monoisotopic (exact) mass is 272 g/mol. The number of amides is 1. The molecule has 0 aliphatic heterocycles. The zero-order valence-corrected chi connectivity index (χ0v) is 10.9. The Bertz CT molecular complexity index is 222. The lowest BCUT2D eigenvalue weighted by Gasteiger charge is -2.08. The molecule has 0 aromatic carbocycles. The van der Waals surface area contributed by atoms with Crippen LogP contribution in [0.15, 0.2) is 0 Å². The van der Waals surface area contributed by atoms with Gasteiger partial charge in [-0.05, 0) is 24.7 Å². The fourth-order valence-corrected chi connectivity index (χ4v) is 1.52. The lowest BCUT2D eigenvalue weighted by molar-refractivity contribution is -0.121. The van der Waals surface area contributed by atoms with Crippen LogP contribution in [0.4, 0.5) is 13.2 Å². The van der Waals surface area contributed by atoms with Crippen LogP contribution in [0.5, 0.6) is 0 Å². The summed E-state index contributed by atoms with van der Waals surface area (Å²) in [6.07, 6.45) is 1.03. The molecule has 0 fully saturated rings. The molecule has 0 bridgehead atoms. The summed E-state index contributed by atoms with van der Waals surface area (Å²) in [5.41, 5.74) is -4.22. The first-order valence-corrected chi connectivity index (χ1v) is 6.50. The average molecular weight is 272 g/mol. The Morgan fingerprint density at radius 1 is 1.29 bits per heavy atom. The molecular formula is C10H19F3N2OS. The number of halogens is 3. The van der Waals surface area contributed by atoms with Crippen LogP contribution in [0.3, 0.4) is 0 Å². The average Bonchev–Trinajstić information content (AvgIpc) is 2.18. The van der Waals surface area contributed by atoms with Crippen molar-refractivity contribution in [3.63, 3.8) is 0 Å². The molecule has 3 nitrogen and oxygen atoms in total. The molecule has 0 saturated carbocycles. The molecule has 0 atom stereocenters. The summed E-state index contributed by atoms with van der Waals surface area (Å²) < 4.78 is 35.2. The minimum Gasteiger partial charge on any atom is -0.355 e. The van der Waals surface area contributed by atoms with Crippen molar-refractivity contribution in [1.29, 1.82) is 0 Å². The van der Waals surface area contributed by atoms with Crippen molar-refractivity contribution < 1.29 is 18.0 Å². The Morgan fingerprint density at radius 3 is 2.47 bits per heavy atom. The highest BCUT2D eigenvalue weighted by Crippen LogP contribution is 2.29. The van der Waals surface area contributed by atoms with E-state index in [1.54, 1.807) is 0 Å². The Hall–Kier alpha value is -0.430. The fraction of sp³-hybridized carbons (Fsp3) is 0.900. The lowest BCUT2D eigenvalue weighted by Crippen LogP contribution is -2.28. The number of rotatable bonds is 8. The summed E-state index contributed by atoms with van der Waals surface area (Å²) in [6, 6.07) is 0.376. The van der Waals surface area contributed by atoms with Crippen molar-refractivity contribution in [2.24, 2.45) is 0 Å². The van der Waals surface area contributed by atoms with Gasteiger partial charge in [0.1, 0.15) is 0 Å². The lowest BCUT2D eigenvalue weighted by atomic mass is 10.3. The van der Waals surface area contributed by atoms with E-state index in [0.717, 1.165) is 6.54 Å². The zero-order valence-electron chi connectivity index (χ0n) is 10.1. The van der Waals surface area contributed by atoms with Crippen molar-refractivity contribution in [2.45, 2.75) is 38.2 Å². The van der Waals surface area contributed by atoms with Gasteiger partial charge in [-0.15, -0.1) is 0 Å². The van der Waals surface area contributed by atoms with E-state index in [9.17, 15) is 18.0 Å². The molecular weight excluding hydrogens is 253 g/mol. The highest BCUT2D eigenvalue weighted by molar-refractivity contribution is 8.00. The summed E-state index contributed by atoms with van der Waals surface area (Å²) in [4.78, 5) is 11.2. The topological polar surface area (TPSA) is 41.1 Å². The fourth-order valence-electron chi connectivity index (χ4n) is 1.09. The molecule has 0 radical (unpaired) electrons. The zero-order chi connectivity index (χ0) is 13.3. The number of hydrogen-bond acceptors (Lipinski definition) is 3. The third kappa shape index (κ3) is 13.5. The molecule has 0 aromatic heterocycles. The van der Waals surface area contributed by atoms with Crippen LogP contribution in [0.1, 0.15) is 26.7 Å². The van der Waals surface area contributed by atoms with E-state index < -0.39 is 5.51 Å². The quantitative estimate of drug-likeness (QED) is 0.665. The van der Waals surface area contributed by atoms with E-state index in [1.807, 2.05) is 13.8 Å². The maximum absolute atomic E-state index is 11.7. The van der Waals surface area contributed by atoms with Crippen molar-refractivity contribution in [3.05, 3.63) is 0 Å². The Kier molecular flexibility index (Phi) is 8.41. The van der Waals surface area contributed by atoms with Gasteiger partial charge in [-0.2, -0.15) is 13.2 Å². The summed E-state index contributed by atoms with van der Waals surface area (Å²) in [6.45, 7) is 4.81. The van der Waals surface area contributed by atoms with Crippen LogP contribution < -0.4 is 10.6 Å². The molecule has 1 amide bonds. The van der Waals surface area contributed by atoms with E-state index in [-0.39, 0.29) is 30.0 Å². The van der Waals surface area contributed by atoms with E-state index >= 15 is 0 Å². The largest absolute Gasteiger partial charge is 0.441 e. The Morgan fingerprint density at radius 2 is 1.94 bits per heavy atom. The highest BCUT2D eigenvalue weighted by Gasteiger charge is 2.27. The van der Waals surface area contributed by atoms with E-state index in [0.29, 0.717) is 18.9 Å². The molecule has 0 aliphatic carbocycles. The van der Waals surface area contributed by atoms with Gasteiger partial charge in [-0.25, -0.2) is 0 Å². The van der Waals surface area contributed by atoms with Gasteiger partial charge in [-0.3, -0.25) is 4.79 Å². The molecule has 0 rings (SSSR count). The third-order valence-corrected chi connectivity index (χ3v) is 2.56. The molecule has 0 saturated heterocycles. The number of nitrogens with one attached hydrogen (secondary N) is 2. The van der Waals surface area contributed by atoms with Crippen molar-refractivity contribution >= 4 is 17.7 Å². The third-order valence-electron chi connectivity index (χ3n) is 1.82. The molecule has 0 aliphatic rings. The maximum Gasteiger partial charge on any atom is 0.441 e. The molecule has 0 unspecified atom stereocenters. The molecule has 17 heavy (non-hydrogen) atoms. The Labute approximate surface area is 104 Å². The highest BCUT2D eigenvalue weighted by atomic mass is 32.2. The summed E-state index contributed by atoms with van der Waals surface area (Å²) in [7, 11) is 0. The predicted octanol–water partition coefficient (Wildman–Crippen LogP) is 2.13. The van der Waals surface area contributed by atoms with Crippen LogP contribution >= 0.6 is 11.8 Å². The molecule has 102 valence electrons. The maximum atomic E-state index is 11.7. The molecule has 0 spiro atoms. The minimum absolute atomic E-state index is 0.0562. The predicted molar refractivity (Wildman–Crippen MR) is 63.9 cm³/mol. The number of hydrogen-bond donors (Lipinski definition) is 2. The van der Waals surface area contributed by atoms with Gasteiger partial charge in [0.05, 0.1) is 0 Å². The molecule has 7 heteroatoms. The van der Waals surface area contributed by atoms with E-state index in [1.165, 1.54) is 0 Å². The van der Waals surface area contributed by atoms with Crippen molar-refractivity contribution in [2.75, 3.05) is 18.8 Å². The van der Waals surface area contributed by atoms with Crippen LogP contribution in [-0.4, -0.2) is 36.3 Å². The number of alkyl halides is 3. The SMILES string of the molecule is CC(C)NCCCC(=O)NCCSC(F)(F)F. The van der Waals surface area contributed by atoms with Crippen molar-refractivity contribution in [3.8, 4) is 0 Å². The number of thioether (sulfide) groups is 1. The summed E-state index contributed by atoms with van der Waals surface area (Å²) in [5, 5.41) is 5.61. The van der Waals surface area contributed by atoms with Gasteiger partial charge in [-0.1, -0.05) is 13.8 Å². The standard InChI is InChI=1S/C10H19F3N2OS/c1-8(2)14-5-3-4-9(16)15-6-7-17-10(11,12)13/h8,14H,3-7H2,1-2H3,(H,15,16). The minimum atomic E-state index is -4.22. The summed E-state index contributed by atoms with van der Waals surface area (Å²) >= 11 is -0.119. The second-order valence-corrected chi connectivity index (χ2v) is 5.02. The molecule has 0 heterocycles. The summed E-state index contributed by atoms with van der Waals surface area (Å²) in [5.74, 6) is -0.335. The van der Waals surface area contributed by atoms with Crippen LogP contribution in [0.2, 0.25) is 0 Å². The van der Waals surface area contributed by atoms with Gasteiger partial charge in [0.25, 0.3) is 0 Å². The smallest absolute Gasteiger partial charge is 0.355 e. The number of carbonyl (C=O) groups excluding carboxylic acids is 1. The first-order chi connectivity index (χ1) is 7.81. The van der Waals surface area contributed by atoms with Crippen molar-refractivity contribution in [1.82, 2.24) is 10.6 Å². The second kappa shape index (κ2) is 8.63. The molecule has 0 aromatic rings. The number of carbonyl (C=O) groups is 1. The van der Waals surface area contributed by atoms with Gasteiger partial charge >= 0.3 is 5.51 Å². The van der Waals surface area contributed by atoms with Crippen LogP contribution in [-0.2, 0) is 4.79 Å². The van der Waals surface area contributed by atoms with Gasteiger partial charge in [0.15, 0.2) is 0 Å². The Balaban J connectivity index is 3.35. The van der Waals surface area contributed by atoms with Gasteiger partial charge in [0, 0.05) is 24.8 Å². The second-order valence-electron chi connectivity index (χ2n) is 3.86. The first kappa shape index (κ1) is 16.6. The van der Waals surface area contributed by atoms with E-state index in [4.69, 9.17) is 0 Å². The first-order valence-electron chi connectivity index (χ1n) is 5.52. The van der Waals surface area contributed by atoms with Crippen LogP contribution in [0.25, 0.3) is 0 Å². The van der Waals surface area contributed by atoms with Crippen LogP contribution in [0, 0.1) is 0 Å². The molecule has 2 N–H and O–H groups in total. The van der Waals surface area contributed by atoms with Gasteiger partial charge in [0.2, 0.25) is 5.91 Å². The van der Waals surface area contributed by atoms with Gasteiger partial charge < -0.3 is 10.6 Å². The van der Waals surface area contributed by atoms with E-state index in [2.05, 4.69) is 10.6 Å². The normalized spacial score (nSPS) is 11.9.